The predicted molar refractivity (Wildman–Crippen MR) is 63.8 cm³/mol. The molecule has 0 unspecified atom stereocenters. The fraction of sp³-hybridized carbons (Fsp3) is 0.500. The van der Waals surface area contributed by atoms with E-state index in [4.69, 9.17) is 0 Å². The van der Waals surface area contributed by atoms with Crippen LogP contribution in [0.25, 0.3) is 0 Å². The number of aromatic hydroxyl groups is 1. The number of carbonyl (C=O) groups excluding carboxylic acids is 1. The molecule has 16 heavy (non-hydrogen) atoms. The van der Waals surface area contributed by atoms with Gasteiger partial charge in [0.25, 0.3) is 0 Å². The summed E-state index contributed by atoms with van der Waals surface area (Å²) in [6, 6.07) is 3.84. The first-order valence-electron chi connectivity index (χ1n) is 5.85. The van der Waals surface area contributed by atoms with Gasteiger partial charge in [0.2, 0.25) is 0 Å². The molecule has 86 valence electrons. The van der Waals surface area contributed by atoms with E-state index in [1.54, 1.807) is 6.07 Å². The van der Waals surface area contributed by atoms with Crippen LogP contribution in [0.2, 0.25) is 0 Å². The number of Topliss-reactive ketones (excluding diaryl/α,β-unsaturated/α-hetero) is 1. The molecule has 0 fully saturated rings. The maximum atomic E-state index is 11.9. The lowest BCUT2D eigenvalue weighted by molar-refractivity contribution is -0.124. The topological polar surface area (TPSA) is 37.3 Å². The SMILES string of the molecule is CCc1cc2c(cc1O)C(C)(C)C(=O)CC2. The van der Waals surface area contributed by atoms with E-state index in [9.17, 15) is 9.90 Å². The molecule has 1 aromatic carbocycles. The number of rotatable bonds is 1. The average Bonchev–Trinajstić information content (AvgIpc) is 2.24. The van der Waals surface area contributed by atoms with E-state index in [2.05, 4.69) is 6.07 Å². The molecule has 1 aromatic rings. The highest BCUT2D eigenvalue weighted by molar-refractivity contribution is 5.91. The third-order valence-corrected chi connectivity index (χ3v) is 3.68. The van der Waals surface area contributed by atoms with E-state index in [1.807, 2.05) is 20.8 Å². The second-order valence-electron chi connectivity index (χ2n) is 5.04. The summed E-state index contributed by atoms with van der Waals surface area (Å²) in [5.74, 6) is 0.590. The molecule has 0 saturated heterocycles. The number of hydrogen-bond acceptors (Lipinski definition) is 2. The van der Waals surface area contributed by atoms with E-state index in [0.717, 1.165) is 24.0 Å². The van der Waals surface area contributed by atoms with Gasteiger partial charge in [-0.1, -0.05) is 13.0 Å². The van der Waals surface area contributed by atoms with Crippen molar-refractivity contribution in [2.24, 2.45) is 0 Å². The van der Waals surface area contributed by atoms with Gasteiger partial charge in [-0.25, -0.2) is 0 Å². The van der Waals surface area contributed by atoms with Gasteiger partial charge >= 0.3 is 0 Å². The van der Waals surface area contributed by atoms with E-state index < -0.39 is 5.41 Å². The number of phenols is 1. The molecule has 1 aliphatic carbocycles. The molecular weight excluding hydrogens is 200 g/mol. The van der Waals surface area contributed by atoms with Crippen LogP contribution >= 0.6 is 0 Å². The van der Waals surface area contributed by atoms with Gasteiger partial charge in [-0.2, -0.15) is 0 Å². The van der Waals surface area contributed by atoms with Crippen molar-refractivity contribution >= 4 is 5.78 Å². The molecule has 0 heterocycles. The van der Waals surface area contributed by atoms with Crippen molar-refractivity contribution in [3.8, 4) is 5.75 Å². The lowest BCUT2D eigenvalue weighted by Gasteiger charge is -2.31. The molecule has 2 rings (SSSR count). The van der Waals surface area contributed by atoms with Crippen LogP contribution in [-0.4, -0.2) is 10.9 Å². The van der Waals surface area contributed by atoms with Crippen LogP contribution in [-0.2, 0) is 23.1 Å². The Morgan fingerprint density at radius 1 is 1.31 bits per heavy atom. The highest BCUT2D eigenvalue weighted by Gasteiger charge is 2.35. The molecule has 0 saturated carbocycles. The van der Waals surface area contributed by atoms with Crippen LogP contribution in [0.1, 0.15) is 43.9 Å². The van der Waals surface area contributed by atoms with Crippen molar-refractivity contribution < 1.29 is 9.90 Å². The van der Waals surface area contributed by atoms with Gasteiger partial charge in [-0.05, 0) is 49.4 Å². The van der Waals surface area contributed by atoms with Crippen LogP contribution in [0.4, 0.5) is 0 Å². The van der Waals surface area contributed by atoms with Gasteiger partial charge < -0.3 is 5.11 Å². The van der Waals surface area contributed by atoms with Gasteiger partial charge in [0.15, 0.2) is 0 Å². The van der Waals surface area contributed by atoms with Gasteiger partial charge in [0.1, 0.15) is 11.5 Å². The Morgan fingerprint density at radius 2 is 2.00 bits per heavy atom. The van der Waals surface area contributed by atoms with Crippen LogP contribution in [0.15, 0.2) is 12.1 Å². The Hall–Kier alpha value is -1.31. The van der Waals surface area contributed by atoms with Crippen molar-refractivity contribution in [1.82, 2.24) is 0 Å². The molecule has 0 bridgehead atoms. The van der Waals surface area contributed by atoms with Crippen LogP contribution < -0.4 is 0 Å². The minimum absolute atomic E-state index is 0.267. The third kappa shape index (κ3) is 1.53. The summed E-state index contributed by atoms with van der Waals surface area (Å²) in [7, 11) is 0. The summed E-state index contributed by atoms with van der Waals surface area (Å²) in [5.41, 5.74) is 2.75. The summed E-state index contributed by atoms with van der Waals surface area (Å²) in [5, 5.41) is 9.87. The monoisotopic (exact) mass is 218 g/mol. The van der Waals surface area contributed by atoms with Crippen molar-refractivity contribution in [2.75, 3.05) is 0 Å². The number of aryl methyl sites for hydroxylation is 2. The Balaban J connectivity index is 2.60. The zero-order valence-electron chi connectivity index (χ0n) is 10.1. The zero-order chi connectivity index (χ0) is 11.9. The maximum absolute atomic E-state index is 11.9. The quantitative estimate of drug-likeness (QED) is 0.787. The van der Waals surface area contributed by atoms with Crippen LogP contribution in [0, 0.1) is 0 Å². The van der Waals surface area contributed by atoms with Gasteiger partial charge in [-0.3, -0.25) is 4.79 Å². The third-order valence-electron chi connectivity index (χ3n) is 3.68. The second-order valence-corrected chi connectivity index (χ2v) is 5.04. The molecule has 0 radical (unpaired) electrons. The Bertz CT molecular complexity index is 444. The molecular formula is C14H18O2. The van der Waals surface area contributed by atoms with E-state index in [-0.39, 0.29) is 5.78 Å². The van der Waals surface area contributed by atoms with Crippen molar-refractivity contribution in [1.29, 1.82) is 0 Å². The minimum atomic E-state index is -0.447. The summed E-state index contributed by atoms with van der Waals surface area (Å²) in [4.78, 5) is 11.9. The van der Waals surface area contributed by atoms with E-state index >= 15 is 0 Å². The largest absolute Gasteiger partial charge is 0.508 e. The highest BCUT2D eigenvalue weighted by Crippen LogP contribution is 2.37. The van der Waals surface area contributed by atoms with Gasteiger partial charge in [0, 0.05) is 11.8 Å². The molecule has 2 heteroatoms. The zero-order valence-corrected chi connectivity index (χ0v) is 10.1. The highest BCUT2D eigenvalue weighted by atomic mass is 16.3. The van der Waals surface area contributed by atoms with Crippen molar-refractivity contribution in [2.45, 2.75) is 45.4 Å². The molecule has 0 amide bonds. The molecule has 0 aliphatic heterocycles. The average molecular weight is 218 g/mol. The number of fused-ring (bicyclic) bond motifs is 1. The summed E-state index contributed by atoms with van der Waals surface area (Å²) in [6.45, 7) is 5.91. The standard InChI is InChI=1S/C14H18O2/c1-4-9-7-10-5-6-13(16)14(2,3)11(10)8-12(9)15/h7-8,15H,4-6H2,1-3H3. The van der Waals surface area contributed by atoms with Gasteiger partial charge in [-0.15, -0.1) is 0 Å². The molecule has 0 spiro atoms. The van der Waals surface area contributed by atoms with Crippen molar-refractivity contribution in [3.63, 3.8) is 0 Å². The first-order chi connectivity index (χ1) is 7.46. The molecule has 0 aromatic heterocycles. The second kappa shape index (κ2) is 3.62. The van der Waals surface area contributed by atoms with Gasteiger partial charge in [0.05, 0.1) is 0 Å². The summed E-state index contributed by atoms with van der Waals surface area (Å²) < 4.78 is 0. The number of ketones is 1. The minimum Gasteiger partial charge on any atom is -0.508 e. The lowest BCUT2D eigenvalue weighted by atomic mass is 9.71. The fourth-order valence-electron chi connectivity index (χ4n) is 2.47. The smallest absolute Gasteiger partial charge is 0.143 e. The first kappa shape index (κ1) is 11.2. The molecule has 2 nitrogen and oxygen atoms in total. The van der Waals surface area contributed by atoms with Crippen LogP contribution in [0.5, 0.6) is 5.75 Å². The molecule has 1 N–H and O–H groups in total. The van der Waals surface area contributed by atoms with E-state index in [1.165, 1.54) is 5.56 Å². The number of benzene rings is 1. The van der Waals surface area contributed by atoms with Crippen LogP contribution in [0.3, 0.4) is 0 Å². The molecule has 1 aliphatic rings. The fourth-order valence-corrected chi connectivity index (χ4v) is 2.47. The predicted octanol–water partition coefficient (Wildman–Crippen LogP) is 2.75. The molecule has 0 atom stereocenters. The Labute approximate surface area is 96.3 Å². The first-order valence-corrected chi connectivity index (χ1v) is 5.85. The summed E-state index contributed by atoms with van der Waals surface area (Å²) in [6.07, 6.45) is 2.26. The number of phenolic OH excluding ortho intramolecular Hbond substituents is 1. The van der Waals surface area contributed by atoms with E-state index in [0.29, 0.717) is 12.2 Å². The summed E-state index contributed by atoms with van der Waals surface area (Å²) >= 11 is 0. The van der Waals surface area contributed by atoms with Crippen molar-refractivity contribution in [3.05, 3.63) is 28.8 Å². The lowest BCUT2D eigenvalue weighted by Crippen LogP contribution is -2.34. The Morgan fingerprint density at radius 3 is 2.62 bits per heavy atom. The Kier molecular flexibility index (Phi) is 2.53. The normalized spacial score (nSPS) is 18.3. The number of hydrogen-bond donors (Lipinski definition) is 1. The maximum Gasteiger partial charge on any atom is 0.143 e. The number of carbonyl (C=O) groups is 1.